The Bertz CT molecular complexity index is 484. The van der Waals surface area contributed by atoms with Crippen molar-refractivity contribution < 1.29 is 19.4 Å². The zero-order valence-electron chi connectivity index (χ0n) is 15.4. The maximum absolute atomic E-state index is 12.2. The van der Waals surface area contributed by atoms with Crippen LogP contribution in [0.4, 0.5) is 0 Å². The van der Waals surface area contributed by atoms with Crippen LogP contribution in [0.1, 0.15) is 76.7 Å². The minimum atomic E-state index is -0.943. The summed E-state index contributed by atoms with van der Waals surface area (Å²) < 4.78 is 5.31. The van der Waals surface area contributed by atoms with E-state index in [9.17, 15) is 9.59 Å². The molecular weight excluding hydrogens is 316 g/mol. The standard InChI is InChI=1S/C21H32O4/c1-2-3-4-5-6-7-8-12-15-19(16-20(22)23)21(24)25-17-18-13-10-9-11-14-18/h9-11,13-14,19H,2-8,12,15-17H2,1H3,(H,22,23). The van der Waals surface area contributed by atoms with E-state index in [1.165, 1.54) is 32.1 Å². The molecule has 1 unspecified atom stereocenters. The van der Waals surface area contributed by atoms with Crippen molar-refractivity contribution in [2.24, 2.45) is 5.92 Å². The Kier molecular flexibility index (Phi) is 11.4. The minimum absolute atomic E-state index is 0.149. The first-order chi connectivity index (χ1) is 12.1. The van der Waals surface area contributed by atoms with Crippen LogP contribution >= 0.6 is 0 Å². The summed E-state index contributed by atoms with van der Waals surface area (Å²) >= 11 is 0. The number of hydrogen-bond donors (Lipinski definition) is 1. The lowest BCUT2D eigenvalue weighted by Crippen LogP contribution is -2.21. The molecule has 0 aliphatic rings. The third kappa shape index (κ3) is 10.6. The van der Waals surface area contributed by atoms with Crippen molar-refractivity contribution in [2.45, 2.75) is 77.7 Å². The number of hydrogen-bond acceptors (Lipinski definition) is 3. The van der Waals surface area contributed by atoms with Crippen LogP contribution in [-0.2, 0) is 20.9 Å². The van der Waals surface area contributed by atoms with E-state index in [1.807, 2.05) is 30.3 Å². The molecule has 4 heteroatoms. The van der Waals surface area contributed by atoms with Gasteiger partial charge in [-0.3, -0.25) is 9.59 Å². The number of ether oxygens (including phenoxy) is 1. The second kappa shape index (κ2) is 13.5. The fourth-order valence-electron chi connectivity index (χ4n) is 2.89. The summed E-state index contributed by atoms with van der Waals surface area (Å²) in [6, 6.07) is 9.45. The van der Waals surface area contributed by atoms with E-state index >= 15 is 0 Å². The van der Waals surface area contributed by atoms with E-state index in [-0.39, 0.29) is 13.0 Å². The average Bonchev–Trinajstić information content (AvgIpc) is 2.61. The summed E-state index contributed by atoms with van der Waals surface area (Å²) in [5, 5.41) is 9.03. The smallest absolute Gasteiger partial charge is 0.309 e. The topological polar surface area (TPSA) is 63.6 Å². The second-order valence-electron chi connectivity index (χ2n) is 6.65. The van der Waals surface area contributed by atoms with Gasteiger partial charge in [0.05, 0.1) is 12.3 Å². The van der Waals surface area contributed by atoms with Crippen molar-refractivity contribution in [3.8, 4) is 0 Å². The SMILES string of the molecule is CCCCCCCCCCC(CC(=O)O)C(=O)OCc1ccccc1. The normalized spacial score (nSPS) is 11.9. The summed E-state index contributed by atoms with van der Waals surface area (Å²) in [6.45, 7) is 2.41. The highest BCUT2D eigenvalue weighted by molar-refractivity contribution is 5.79. The number of carbonyl (C=O) groups is 2. The number of carboxylic acids is 1. The van der Waals surface area contributed by atoms with Gasteiger partial charge < -0.3 is 9.84 Å². The molecule has 1 atom stereocenters. The Balaban J connectivity index is 2.27. The van der Waals surface area contributed by atoms with Gasteiger partial charge in [0, 0.05) is 0 Å². The van der Waals surface area contributed by atoms with Gasteiger partial charge in [0.15, 0.2) is 0 Å². The van der Waals surface area contributed by atoms with Crippen LogP contribution in [-0.4, -0.2) is 17.0 Å². The molecule has 0 saturated heterocycles. The van der Waals surface area contributed by atoms with Crippen molar-refractivity contribution in [2.75, 3.05) is 0 Å². The molecule has 0 aliphatic heterocycles. The van der Waals surface area contributed by atoms with Crippen LogP contribution in [0.3, 0.4) is 0 Å². The zero-order valence-corrected chi connectivity index (χ0v) is 15.4. The second-order valence-corrected chi connectivity index (χ2v) is 6.65. The molecule has 0 radical (unpaired) electrons. The Morgan fingerprint density at radius 1 is 0.960 bits per heavy atom. The van der Waals surface area contributed by atoms with Gasteiger partial charge in [0.2, 0.25) is 0 Å². The van der Waals surface area contributed by atoms with Crippen molar-refractivity contribution in [3.05, 3.63) is 35.9 Å². The van der Waals surface area contributed by atoms with Crippen LogP contribution in [0, 0.1) is 5.92 Å². The first kappa shape index (κ1) is 21.2. The molecule has 0 aromatic heterocycles. The molecule has 0 aliphatic carbocycles. The zero-order chi connectivity index (χ0) is 18.3. The van der Waals surface area contributed by atoms with E-state index < -0.39 is 17.9 Å². The quantitative estimate of drug-likeness (QED) is 0.363. The molecule has 4 nitrogen and oxygen atoms in total. The molecular formula is C21H32O4. The van der Waals surface area contributed by atoms with Crippen molar-refractivity contribution in [3.63, 3.8) is 0 Å². The van der Waals surface area contributed by atoms with Gasteiger partial charge in [-0.1, -0.05) is 88.6 Å². The first-order valence-electron chi connectivity index (χ1n) is 9.55. The predicted molar refractivity (Wildman–Crippen MR) is 99.2 cm³/mol. The first-order valence-corrected chi connectivity index (χ1v) is 9.55. The third-order valence-electron chi connectivity index (χ3n) is 4.38. The van der Waals surface area contributed by atoms with E-state index in [2.05, 4.69) is 6.92 Å². The van der Waals surface area contributed by atoms with Crippen LogP contribution < -0.4 is 0 Å². The lowest BCUT2D eigenvalue weighted by Gasteiger charge is -2.14. The molecule has 0 saturated carbocycles. The van der Waals surface area contributed by atoms with Gasteiger partial charge in [0.1, 0.15) is 6.61 Å². The number of esters is 1. The molecule has 0 heterocycles. The van der Waals surface area contributed by atoms with Gasteiger partial charge in [0.25, 0.3) is 0 Å². The molecule has 1 rings (SSSR count). The summed E-state index contributed by atoms with van der Waals surface area (Å²) in [7, 11) is 0. The van der Waals surface area contributed by atoms with Gasteiger partial charge in [-0.25, -0.2) is 0 Å². The fraction of sp³-hybridized carbons (Fsp3) is 0.619. The fourth-order valence-corrected chi connectivity index (χ4v) is 2.89. The van der Waals surface area contributed by atoms with Crippen LogP contribution in [0.5, 0.6) is 0 Å². The minimum Gasteiger partial charge on any atom is -0.481 e. The molecule has 0 amide bonds. The lowest BCUT2D eigenvalue weighted by atomic mass is 9.97. The number of rotatable bonds is 14. The maximum Gasteiger partial charge on any atom is 0.309 e. The highest BCUT2D eigenvalue weighted by atomic mass is 16.5. The van der Waals surface area contributed by atoms with Crippen LogP contribution in [0.15, 0.2) is 30.3 Å². The molecule has 0 fully saturated rings. The average molecular weight is 348 g/mol. The summed E-state index contributed by atoms with van der Waals surface area (Å²) in [5.41, 5.74) is 0.914. The largest absolute Gasteiger partial charge is 0.481 e. The summed E-state index contributed by atoms with van der Waals surface area (Å²) in [6.07, 6.45) is 9.87. The number of unbranched alkanes of at least 4 members (excludes halogenated alkanes) is 7. The lowest BCUT2D eigenvalue weighted by molar-refractivity contribution is -0.154. The molecule has 140 valence electrons. The Morgan fingerprint density at radius 3 is 2.16 bits per heavy atom. The van der Waals surface area contributed by atoms with Crippen LogP contribution in [0.25, 0.3) is 0 Å². The molecule has 0 bridgehead atoms. The number of carbonyl (C=O) groups excluding carboxylic acids is 1. The van der Waals surface area contributed by atoms with E-state index in [0.717, 1.165) is 24.8 Å². The van der Waals surface area contributed by atoms with Gasteiger partial charge in [-0.05, 0) is 12.0 Å². The van der Waals surface area contributed by atoms with Gasteiger partial charge >= 0.3 is 11.9 Å². The van der Waals surface area contributed by atoms with Gasteiger partial charge in [-0.15, -0.1) is 0 Å². The predicted octanol–water partition coefficient (Wildman–Crippen LogP) is 5.35. The maximum atomic E-state index is 12.2. The third-order valence-corrected chi connectivity index (χ3v) is 4.38. The monoisotopic (exact) mass is 348 g/mol. The van der Waals surface area contributed by atoms with E-state index in [4.69, 9.17) is 9.84 Å². The van der Waals surface area contributed by atoms with Gasteiger partial charge in [-0.2, -0.15) is 0 Å². The molecule has 1 aromatic rings. The van der Waals surface area contributed by atoms with E-state index in [1.54, 1.807) is 0 Å². The summed E-state index contributed by atoms with van der Waals surface area (Å²) in [5.74, 6) is -1.88. The molecule has 1 aromatic carbocycles. The van der Waals surface area contributed by atoms with Crippen molar-refractivity contribution in [1.29, 1.82) is 0 Å². The number of benzene rings is 1. The molecule has 0 spiro atoms. The Hall–Kier alpha value is -1.84. The number of aliphatic carboxylic acids is 1. The summed E-state index contributed by atoms with van der Waals surface area (Å²) in [4.78, 5) is 23.2. The van der Waals surface area contributed by atoms with Crippen molar-refractivity contribution in [1.82, 2.24) is 0 Å². The highest BCUT2D eigenvalue weighted by Crippen LogP contribution is 2.18. The molecule has 1 N–H and O–H groups in total. The van der Waals surface area contributed by atoms with Crippen LogP contribution in [0.2, 0.25) is 0 Å². The van der Waals surface area contributed by atoms with Crippen molar-refractivity contribution >= 4 is 11.9 Å². The highest BCUT2D eigenvalue weighted by Gasteiger charge is 2.22. The molecule has 25 heavy (non-hydrogen) atoms. The van der Waals surface area contributed by atoms with E-state index in [0.29, 0.717) is 6.42 Å². The number of carboxylic acid groups (broad SMARTS) is 1. The Morgan fingerprint density at radius 2 is 1.56 bits per heavy atom. The Labute approximate surface area is 151 Å².